The molecule has 0 heterocycles. The third kappa shape index (κ3) is 73.0. The van der Waals surface area contributed by atoms with Crippen LogP contribution in [0.15, 0.2) is 48.6 Å². The average molecular weight is 1260 g/mol. The molecule has 10 heteroatoms. The van der Waals surface area contributed by atoms with Gasteiger partial charge in [0.1, 0.15) is 19.8 Å². The first-order valence-corrected chi connectivity index (χ1v) is 39.9. The van der Waals surface area contributed by atoms with Gasteiger partial charge >= 0.3 is 19.8 Å². The van der Waals surface area contributed by atoms with Crippen molar-refractivity contribution in [1.82, 2.24) is 0 Å². The highest BCUT2D eigenvalue weighted by molar-refractivity contribution is 7.47. The maximum Gasteiger partial charge on any atom is 0.472 e. The highest BCUT2D eigenvalue weighted by Gasteiger charge is 2.27. The van der Waals surface area contributed by atoms with Crippen LogP contribution in [-0.4, -0.2) is 74.9 Å². The number of likely N-dealkylation sites (N-methyl/N-ethyl adjacent to an activating group) is 1. The minimum Gasteiger partial charge on any atom is -0.462 e. The van der Waals surface area contributed by atoms with Crippen LogP contribution in [0.1, 0.15) is 386 Å². The van der Waals surface area contributed by atoms with Crippen LogP contribution in [0, 0.1) is 0 Å². The van der Waals surface area contributed by atoms with Crippen molar-refractivity contribution in [2.75, 3.05) is 47.5 Å². The molecule has 0 aromatic carbocycles. The van der Waals surface area contributed by atoms with Gasteiger partial charge in [-0.1, -0.05) is 345 Å². The van der Waals surface area contributed by atoms with E-state index < -0.39 is 26.5 Å². The van der Waals surface area contributed by atoms with Gasteiger partial charge in [0.2, 0.25) is 0 Å². The van der Waals surface area contributed by atoms with Crippen LogP contribution in [0.2, 0.25) is 0 Å². The van der Waals surface area contributed by atoms with Gasteiger partial charge in [-0.05, 0) is 77.0 Å². The molecule has 88 heavy (non-hydrogen) atoms. The molecule has 0 bridgehead atoms. The second-order valence-corrected chi connectivity index (χ2v) is 28.8. The number of hydrogen-bond acceptors (Lipinski definition) is 7. The molecule has 0 saturated heterocycles. The smallest absolute Gasteiger partial charge is 0.462 e. The molecule has 0 fully saturated rings. The molecule has 0 rings (SSSR count). The molecule has 0 spiro atoms. The molecular formula is C78H149NO8P+. The standard InChI is InChI=1S/C78H148NO8P/c1-6-8-10-12-14-16-18-20-22-24-26-28-30-32-34-35-36-37-38-39-40-41-42-43-45-47-49-51-53-55-57-59-61-63-65-67-69-71-78(81)87-76(75-86-88(82,83)85-73-72-79(3,4)5)74-84-77(80)70-68-66-64-62-60-58-56-54-52-50-48-46-44-33-31-29-27-25-23-21-19-17-15-13-11-9-7-2/h18-21,24-27,76H,6-17,22-23,28-75H2,1-5H3/p+1/b20-18-,21-19-,26-24-,27-25-. The zero-order valence-corrected chi connectivity index (χ0v) is 60.1. The van der Waals surface area contributed by atoms with E-state index in [1.807, 2.05) is 21.1 Å². The summed E-state index contributed by atoms with van der Waals surface area (Å²) in [6.07, 6.45) is 91.0. The number of esters is 2. The Hall–Kier alpha value is -2.03. The maximum atomic E-state index is 12.9. The second kappa shape index (κ2) is 69.3. The summed E-state index contributed by atoms with van der Waals surface area (Å²) in [5.41, 5.74) is 0. The van der Waals surface area contributed by atoms with E-state index in [0.717, 1.165) is 44.9 Å². The summed E-state index contributed by atoms with van der Waals surface area (Å²) < 4.78 is 34.8. The SMILES string of the molecule is CCCCCCC/C=C\C/C=C\CCCCCCCCCCCCCCCCCCCCCCCCCCCC(=O)OC(COC(=O)CCCCCCCCCCCCCCCCC/C=C\C/C=C\CCCCCCC)COP(=O)(O)OCC[N+](C)(C)C. The van der Waals surface area contributed by atoms with Crippen LogP contribution in [-0.2, 0) is 32.7 Å². The van der Waals surface area contributed by atoms with Gasteiger partial charge in [-0.3, -0.25) is 18.6 Å². The van der Waals surface area contributed by atoms with Gasteiger partial charge in [-0.15, -0.1) is 0 Å². The average Bonchev–Trinajstić information content (AvgIpc) is 3.68. The largest absolute Gasteiger partial charge is 0.472 e. The van der Waals surface area contributed by atoms with E-state index in [1.54, 1.807) is 0 Å². The number of nitrogens with zero attached hydrogens (tertiary/aromatic N) is 1. The highest BCUT2D eigenvalue weighted by Crippen LogP contribution is 2.43. The number of carbonyl (C=O) groups excluding carboxylic acids is 2. The number of quaternary nitrogens is 1. The van der Waals surface area contributed by atoms with Crippen LogP contribution in [0.3, 0.4) is 0 Å². The molecule has 0 aromatic heterocycles. The normalized spacial score (nSPS) is 13.3. The summed E-state index contributed by atoms with van der Waals surface area (Å²) in [4.78, 5) is 35.9. The van der Waals surface area contributed by atoms with Crippen LogP contribution in [0.25, 0.3) is 0 Å². The molecule has 0 aliphatic rings. The number of unbranched alkanes of at least 4 members (excludes halogenated alkanes) is 50. The predicted octanol–water partition coefficient (Wildman–Crippen LogP) is 25.2. The van der Waals surface area contributed by atoms with Gasteiger partial charge in [-0.2, -0.15) is 0 Å². The fourth-order valence-corrected chi connectivity index (χ4v) is 12.2. The van der Waals surface area contributed by atoms with Gasteiger partial charge in [0.15, 0.2) is 6.10 Å². The minimum atomic E-state index is -4.39. The second-order valence-electron chi connectivity index (χ2n) is 27.4. The maximum absolute atomic E-state index is 12.9. The first-order chi connectivity index (χ1) is 43.0. The predicted molar refractivity (Wildman–Crippen MR) is 381 cm³/mol. The molecule has 0 saturated carbocycles. The zero-order valence-electron chi connectivity index (χ0n) is 59.2. The quantitative estimate of drug-likeness (QED) is 0.0211. The number of rotatable bonds is 72. The Labute approximate surface area is 547 Å². The van der Waals surface area contributed by atoms with Crippen molar-refractivity contribution in [3.8, 4) is 0 Å². The van der Waals surface area contributed by atoms with E-state index in [4.69, 9.17) is 18.5 Å². The molecule has 0 aromatic rings. The van der Waals surface area contributed by atoms with Gasteiger partial charge in [0, 0.05) is 12.8 Å². The summed E-state index contributed by atoms with van der Waals surface area (Å²) in [6, 6.07) is 0. The zero-order chi connectivity index (χ0) is 64.1. The number of phosphoric acid groups is 1. The summed E-state index contributed by atoms with van der Waals surface area (Å²) in [5, 5.41) is 0. The fraction of sp³-hybridized carbons (Fsp3) is 0.872. The van der Waals surface area contributed by atoms with Crippen LogP contribution in [0.5, 0.6) is 0 Å². The third-order valence-corrected chi connectivity index (χ3v) is 18.3. The monoisotopic (exact) mass is 1260 g/mol. The lowest BCUT2D eigenvalue weighted by Gasteiger charge is -2.24. The van der Waals surface area contributed by atoms with E-state index in [2.05, 4.69) is 62.5 Å². The highest BCUT2D eigenvalue weighted by atomic mass is 31.2. The molecule has 9 nitrogen and oxygen atoms in total. The molecule has 0 amide bonds. The Morgan fingerprint density at radius 2 is 0.614 bits per heavy atom. The van der Waals surface area contributed by atoms with Gasteiger partial charge < -0.3 is 18.9 Å². The lowest BCUT2D eigenvalue weighted by atomic mass is 10.0. The first kappa shape index (κ1) is 86.0. The molecule has 2 atom stereocenters. The lowest BCUT2D eigenvalue weighted by molar-refractivity contribution is -0.870. The first-order valence-electron chi connectivity index (χ1n) is 38.4. The topological polar surface area (TPSA) is 108 Å². The Balaban J connectivity index is 3.93. The van der Waals surface area contributed by atoms with E-state index in [-0.39, 0.29) is 25.6 Å². The Bertz CT molecular complexity index is 1620. The molecular weight excluding hydrogens is 1110 g/mol. The van der Waals surface area contributed by atoms with Gasteiger partial charge in [0.25, 0.3) is 0 Å². The van der Waals surface area contributed by atoms with Gasteiger partial charge in [0.05, 0.1) is 27.7 Å². The van der Waals surface area contributed by atoms with Crippen molar-refractivity contribution in [1.29, 1.82) is 0 Å². The third-order valence-electron chi connectivity index (χ3n) is 17.3. The van der Waals surface area contributed by atoms with Crippen molar-refractivity contribution in [3.63, 3.8) is 0 Å². The molecule has 0 aliphatic carbocycles. The molecule has 2 unspecified atom stereocenters. The van der Waals surface area contributed by atoms with E-state index in [9.17, 15) is 19.0 Å². The number of hydrogen-bond donors (Lipinski definition) is 1. The molecule has 518 valence electrons. The summed E-state index contributed by atoms with van der Waals surface area (Å²) in [7, 11) is 1.50. The van der Waals surface area contributed by atoms with Gasteiger partial charge in [-0.25, -0.2) is 4.57 Å². The summed E-state index contributed by atoms with van der Waals surface area (Å²) in [6.45, 7) is 4.48. The number of phosphoric ester groups is 1. The van der Waals surface area contributed by atoms with Crippen LogP contribution < -0.4 is 0 Å². The summed E-state index contributed by atoms with van der Waals surface area (Å²) >= 11 is 0. The fourth-order valence-electron chi connectivity index (χ4n) is 11.4. The molecule has 0 radical (unpaired) electrons. The Kier molecular flexibility index (Phi) is 67.7. The van der Waals surface area contributed by atoms with E-state index in [0.29, 0.717) is 23.9 Å². The molecule has 0 aliphatic heterocycles. The van der Waals surface area contributed by atoms with Crippen molar-refractivity contribution in [2.45, 2.75) is 392 Å². The Morgan fingerprint density at radius 1 is 0.352 bits per heavy atom. The van der Waals surface area contributed by atoms with Crippen LogP contribution >= 0.6 is 7.82 Å². The van der Waals surface area contributed by atoms with Crippen LogP contribution in [0.4, 0.5) is 0 Å². The number of ether oxygens (including phenoxy) is 2. The van der Waals surface area contributed by atoms with Crippen molar-refractivity contribution in [3.05, 3.63) is 48.6 Å². The number of carbonyl (C=O) groups is 2. The Morgan fingerprint density at radius 3 is 0.898 bits per heavy atom. The summed E-state index contributed by atoms with van der Waals surface area (Å²) in [5.74, 6) is -0.776. The lowest BCUT2D eigenvalue weighted by Crippen LogP contribution is -2.37. The van der Waals surface area contributed by atoms with Crippen molar-refractivity contribution in [2.24, 2.45) is 0 Å². The van der Waals surface area contributed by atoms with Crippen molar-refractivity contribution >= 4 is 19.8 Å². The van der Waals surface area contributed by atoms with E-state index in [1.165, 1.54) is 308 Å². The minimum absolute atomic E-state index is 0.0340. The number of allylic oxidation sites excluding steroid dienone is 8. The molecule has 1 N–H and O–H groups in total. The van der Waals surface area contributed by atoms with E-state index >= 15 is 0 Å². The van der Waals surface area contributed by atoms with Crippen molar-refractivity contribution < 1.29 is 42.1 Å².